The van der Waals surface area contributed by atoms with Gasteiger partial charge < -0.3 is 19.1 Å². The van der Waals surface area contributed by atoms with E-state index in [0.717, 1.165) is 19.3 Å². The third-order valence-corrected chi connectivity index (χ3v) is 5.44. The highest BCUT2D eigenvalue weighted by atomic mass is 16.5. The molecule has 0 N–H and O–H groups in total. The molecule has 154 valence electrons. The van der Waals surface area contributed by atoms with Crippen molar-refractivity contribution in [3.05, 3.63) is 17.7 Å². The summed E-state index contributed by atoms with van der Waals surface area (Å²) in [5, 5.41) is 9.11. The molecule has 6 nitrogen and oxygen atoms in total. The highest BCUT2D eigenvalue weighted by Crippen LogP contribution is 2.42. The number of hydrogen-bond acceptors (Lipinski definition) is 5. The summed E-state index contributed by atoms with van der Waals surface area (Å²) in [7, 11) is 4.60. The molecule has 2 atom stereocenters. The Balaban J connectivity index is 2.41. The van der Waals surface area contributed by atoms with Gasteiger partial charge in [-0.15, -0.1) is 0 Å². The number of carbonyl (C=O) groups excluding carboxylic acids is 1. The molecule has 0 spiro atoms. The first-order valence-corrected chi connectivity index (χ1v) is 9.74. The van der Waals surface area contributed by atoms with E-state index in [0.29, 0.717) is 41.7 Å². The Hall–Kier alpha value is -2.42. The molecule has 1 fully saturated rings. The van der Waals surface area contributed by atoms with Crippen LogP contribution in [0.4, 0.5) is 0 Å². The van der Waals surface area contributed by atoms with Gasteiger partial charge in [0.15, 0.2) is 11.5 Å². The van der Waals surface area contributed by atoms with E-state index >= 15 is 0 Å². The Labute approximate surface area is 168 Å². The first kappa shape index (κ1) is 21.9. The van der Waals surface area contributed by atoms with Crippen LogP contribution in [0.25, 0.3) is 0 Å². The Morgan fingerprint density at radius 2 is 1.79 bits per heavy atom. The molecule has 1 amide bonds. The SMILES string of the molecule is COc1cc(C(=O)N(CCC#N)[C@@H]2C[C@H](C)CC(C)(C)C2)cc(OC)c1OC. The van der Waals surface area contributed by atoms with Gasteiger partial charge in [-0.1, -0.05) is 20.8 Å². The van der Waals surface area contributed by atoms with E-state index in [9.17, 15) is 4.79 Å². The minimum atomic E-state index is -0.107. The van der Waals surface area contributed by atoms with Gasteiger partial charge in [-0.25, -0.2) is 0 Å². The van der Waals surface area contributed by atoms with Crippen LogP contribution in [0.5, 0.6) is 17.2 Å². The fraction of sp³-hybridized carbons (Fsp3) is 0.636. The van der Waals surface area contributed by atoms with Gasteiger partial charge in [0, 0.05) is 18.2 Å². The largest absolute Gasteiger partial charge is 0.493 e. The first-order chi connectivity index (χ1) is 13.3. The lowest BCUT2D eigenvalue weighted by Gasteiger charge is -2.44. The van der Waals surface area contributed by atoms with Gasteiger partial charge in [-0.05, 0) is 42.7 Å². The van der Waals surface area contributed by atoms with Gasteiger partial charge in [-0.2, -0.15) is 5.26 Å². The molecule has 1 aromatic rings. The number of amides is 1. The molecule has 0 heterocycles. The molecule has 6 heteroatoms. The fourth-order valence-electron chi connectivity index (χ4n) is 4.52. The number of benzene rings is 1. The van der Waals surface area contributed by atoms with E-state index in [1.807, 2.05) is 4.90 Å². The van der Waals surface area contributed by atoms with Crippen molar-refractivity contribution in [1.82, 2.24) is 4.90 Å². The van der Waals surface area contributed by atoms with Crippen molar-refractivity contribution in [3.63, 3.8) is 0 Å². The molecular formula is C22H32N2O4. The maximum atomic E-state index is 13.5. The molecule has 0 aromatic heterocycles. The molecule has 2 rings (SSSR count). The molecule has 1 aliphatic carbocycles. The average molecular weight is 389 g/mol. The molecule has 0 saturated heterocycles. The second kappa shape index (κ2) is 9.18. The van der Waals surface area contributed by atoms with E-state index in [1.54, 1.807) is 12.1 Å². The van der Waals surface area contributed by atoms with E-state index < -0.39 is 0 Å². The smallest absolute Gasteiger partial charge is 0.254 e. The van der Waals surface area contributed by atoms with Gasteiger partial charge in [0.25, 0.3) is 5.91 Å². The van der Waals surface area contributed by atoms with Gasteiger partial charge in [0.1, 0.15) is 0 Å². The van der Waals surface area contributed by atoms with E-state index in [-0.39, 0.29) is 17.4 Å². The molecule has 0 aliphatic heterocycles. The summed E-state index contributed by atoms with van der Waals surface area (Å²) in [5.41, 5.74) is 0.645. The number of ether oxygens (including phenoxy) is 3. The molecule has 0 unspecified atom stereocenters. The molecule has 0 bridgehead atoms. The van der Waals surface area contributed by atoms with Crippen molar-refractivity contribution in [3.8, 4) is 23.3 Å². The average Bonchev–Trinajstić information content (AvgIpc) is 2.65. The standard InChI is InChI=1S/C22H32N2O4/c1-15-10-17(14-22(2,3)13-15)24(9-7-8-23)21(25)16-11-18(26-4)20(28-6)19(12-16)27-5/h11-12,15,17H,7,9-10,13-14H2,1-6H3/t15-,17+/m0/s1. The minimum absolute atomic E-state index is 0.107. The lowest BCUT2D eigenvalue weighted by atomic mass is 9.70. The number of nitrogens with zero attached hydrogens (tertiary/aromatic N) is 2. The van der Waals surface area contributed by atoms with Gasteiger partial charge in [0.05, 0.1) is 33.8 Å². The minimum Gasteiger partial charge on any atom is -0.493 e. The normalized spacial score (nSPS) is 20.8. The van der Waals surface area contributed by atoms with Crippen LogP contribution in [0.2, 0.25) is 0 Å². The summed E-state index contributed by atoms with van der Waals surface area (Å²) in [6.45, 7) is 7.16. The van der Waals surface area contributed by atoms with Crippen LogP contribution >= 0.6 is 0 Å². The van der Waals surface area contributed by atoms with Crippen molar-refractivity contribution in [1.29, 1.82) is 5.26 Å². The highest BCUT2D eigenvalue weighted by Gasteiger charge is 2.37. The Kier molecular flexibility index (Phi) is 7.17. The van der Waals surface area contributed by atoms with Gasteiger partial charge >= 0.3 is 0 Å². The summed E-state index contributed by atoms with van der Waals surface area (Å²) in [6.07, 6.45) is 3.33. The summed E-state index contributed by atoms with van der Waals surface area (Å²) in [5.74, 6) is 1.78. The topological polar surface area (TPSA) is 71.8 Å². The number of rotatable bonds is 7. The predicted molar refractivity (Wildman–Crippen MR) is 108 cm³/mol. The monoisotopic (exact) mass is 388 g/mol. The Bertz CT molecular complexity index is 714. The quantitative estimate of drug-likeness (QED) is 0.697. The summed E-state index contributed by atoms with van der Waals surface area (Å²) in [4.78, 5) is 15.3. The van der Waals surface area contributed by atoms with E-state index in [1.165, 1.54) is 21.3 Å². The van der Waals surface area contributed by atoms with Gasteiger partial charge in [0.2, 0.25) is 5.75 Å². The summed E-state index contributed by atoms with van der Waals surface area (Å²) >= 11 is 0. The third kappa shape index (κ3) is 4.89. The lowest BCUT2D eigenvalue weighted by Crippen LogP contribution is -2.46. The summed E-state index contributed by atoms with van der Waals surface area (Å²) in [6, 6.07) is 5.65. The number of nitriles is 1. The maximum Gasteiger partial charge on any atom is 0.254 e. The zero-order valence-electron chi connectivity index (χ0n) is 17.9. The second-order valence-electron chi connectivity index (χ2n) is 8.39. The maximum absolute atomic E-state index is 13.5. The molecule has 1 aliphatic rings. The second-order valence-corrected chi connectivity index (χ2v) is 8.39. The predicted octanol–water partition coefficient (Wildman–Crippen LogP) is 4.28. The zero-order valence-corrected chi connectivity index (χ0v) is 17.9. The number of methoxy groups -OCH3 is 3. The molecule has 1 saturated carbocycles. The van der Waals surface area contributed by atoms with Crippen molar-refractivity contribution in [2.75, 3.05) is 27.9 Å². The molecule has 0 radical (unpaired) electrons. The van der Waals surface area contributed by atoms with Crippen molar-refractivity contribution < 1.29 is 19.0 Å². The summed E-state index contributed by atoms with van der Waals surface area (Å²) < 4.78 is 16.2. The Morgan fingerprint density at radius 1 is 1.18 bits per heavy atom. The zero-order chi connectivity index (χ0) is 20.9. The van der Waals surface area contributed by atoms with Crippen LogP contribution in [0.3, 0.4) is 0 Å². The molecule has 28 heavy (non-hydrogen) atoms. The van der Waals surface area contributed by atoms with Crippen LogP contribution < -0.4 is 14.2 Å². The van der Waals surface area contributed by atoms with Crippen LogP contribution in [-0.2, 0) is 0 Å². The molecular weight excluding hydrogens is 356 g/mol. The van der Waals surface area contributed by atoms with Crippen LogP contribution in [-0.4, -0.2) is 44.7 Å². The number of carbonyl (C=O) groups is 1. The van der Waals surface area contributed by atoms with E-state index in [4.69, 9.17) is 19.5 Å². The van der Waals surface area contributed by atoms with Crippen LogP contribution in [0.15, 0.2) is 12.1 Å². The van der Waals surface area contributed by atoms with Crippen molar-refractivity contribution in [2.24, 2.45) is 11.3 Å². The number of hydrogen-bond donors (Lipinski definition) is 0. The van der Waals surface area contributed by atoms with E-state index in [2.05, 4.69) is 26.8 Å². The Morgan fingerprint density at radius 3 is 2.25 bits per heavy atom. The molecule has 1 aromatic carbocycles. The highest BCUT2D eigenvalue weighted by molar-refractivity contribution is 5.96. The van der Waals surface area contributed by atoms with Gasteiger partial charge in [-0.3, -0.25) is 4.79 Å². The van der Waals surface area contributed by atoms with Crippen molar-refractivity contribution in [2.45, 2.75) is 52.5 Å². The van der Waals surface area contributed by atoms with Crippen LogP contribution in [0.1, 0.15) is 56.8 Å². The fourth-order valence-corrected chi connectivity index (χ4v) is 4.52. The van der Waals surface area contributed by atoms with Crippen molar-refractivity contribution >= 4 is 5.91 Å². The third-order valence-electron chi connectivity index (χ3n) is 5.44. The first-order valence-electron chi connectivity index (χ1n) is 9.74. The van der Waals surface area contributed by atoms with Crippen LogP contribution in [0, 0.1) is 22.7 Å². The lowest BCUT2D eigenvalue weighted by molar-refractivity contribution is 0.0451.